The molecule has 0 spiro atoms. The number of sulfonamides is 1. The third-order valence-corrected chi connectivity index (χ3v) is 8.20. The minimum Gasteiger partial charge on any atom is -0.494 e. The van der Waals surface area contributed by atoms with E-state index >= 15 is 0 Å². The van der Waals surface area contributed by atoms with Gasteiger partial charge in [-0.3, -0.25) is 13.9 Å². The fourth-order valence-electron chi connectivity index (χ4n) is 3.95. The summed E-state index contributed by atoms with van der Waals surface area (Å²) in [6.07, 6.45) is 0. The number of hydrogen-bond acceptors (Lipinski definition) is 5. The highest BCUT2D eigenvalue weighted by Gasteiger charge is 2.32. The second-order valence-electron chi connectivity index (χ2n) is 9.71. The largest absolute Gasteiger partial charge is 0.494 e. The summed E-state index contributed by atoms with van der Waals surface area (Å²) in [5.74, 6) is -0.0827. The molecule has 3 aromatic carbocycles. The number of ether oxygens (including phenoxy) is 1. The van der Waals surface area contributed by atoms with Crippen LogP contribution in [0.15, 0.2) is 83.8 Å². The molecule has 1 atom stereocenters. The molecule has 10 heteroatoms. The number of nitrogens with zero attached hydrogens (tertiary/aromatic N) is 2. The van der Waals surface area contributed by atoms with Gasteiger partial charge in [0, 0.05) is 18.1 Å². The van der Waals surface area contributed by atoms with Crippen molar-refractivity contribution >= 4 is 39.1 Å². The Morgan fingerprint density at radius 3 is 2.12 bits per heavy atom. The normalized spacial score (nSPS) is 12.1. The van der Waals surface area contributed by atoms with Crippen molar-refractivity contribution in [2.75, 3.05) is 24.0 Å². The smallest absolute Gasteiger partial charge is 0.264 e. The van der Waals surface area contributed by atoms with Crippen molar-refractivity contribution < 1.29 is 22.7 Å². The zero-order valence-corrected chi connectivity index (χ0v) is 24.8. The topological polar surface area (TPSA) is 96.0 Å². The first-order valence-corrected chi connectivity index (χ1v) is 15.0. The average molecular weight is 586 g/mol. The average Bonchev–Trinajstić information content (AvgIpc) is 2.94. The van der Waals surface area contributed by atoms with E-state index < -0.39 is 28.5 Å². The summed E-state index contributed by atoms with van der Waals surface area (Å²) >= 11 is 6.04. The SMILES string of the molecule is CCOc1ccc(S(=O)(=O)N(CC(=O)N(Cc2ccc(Cl)cc2)[C@H](C)C(=O)NCC(C)C)c2ccccc2)cc1. The summed E-state index contributed by atoms with van der Waals surface area (Å²) in [5, 5.41) is 3.41. The molecule has 0 unspecified atom stereocenters. The van der Waals surface area contributed by atoms with Crippen molar-refractivity contribution in [1.29, 1.82) is 0 Å². The highest BCUT2D eigenvalue weighted by molar-refractivity contribution is 7.92. The van der Waals surface area contributed by atoms with Gasteiger partial charge in [0.2, 0.25) is 11.8 Å². The standard InChI is InChI=1S/C30H36ClN3O5S/c1-5-39-27-15-17-28(18-16-27)40(37,38)34(26-9-7-6-8-10-26)21-29(35)33(20-24-11-13-25(31)14-12-24)23(4)30(36)32-19-22(2)3/h6-18,22-23H,5,19-21H2,1-4H3,(H,32,36)/t23-/m1/s1. The number of amides is 2. The fourth-order valence-corrected chi connectivity index (χ4v) is 5.49. The molecule has 214 valence electrons. The van der Waals surface area contributed by atoms with Crippen LogP contribution >= 0.6 is 11.6 Å². The molecule has 8 nitrogen and oxygen atoms in total. The summed E-state index contributed by atoms with van der Waals surface area (Å²) in [7, 11) is -4.15. The second kappa shape index (κ2) is 14.2. The fraction of sp³-hybridized carbons (Fsp3) is 0.333. The van der Waals surface area contributed by atoms with E-state index in [0.29, 0.717) is 29.6 Å². The monoisotopic (exact) mass is 585 g/mol. The Morgan fingerprint density at radius 1 is 0.925 bits per heavy atom. The van der Waals surface area contributed by atoms with Gasteiger partial charge in [-0.05, 0) is 73.9 Å². The van der Waals surface area contributed by atoms with E-state index in [2.05, 4.69) is 5.32 Å². The van der Waals surface area contributed by atoms with Crippen molar-refractivity contribution in [2.45, 2.75) is 45.2 Å². The molecule has 2 amide bonds. The van der Waals surface area contributed by atoms with E-state index in [1.54, 1.807) is 73.7 Å². The molecular formula is C30H36ClN3O5S. The molecule has 0 aliphatic carbocycles. The maximum absolute atomic E-state index is 13.9. The maximum Gasteiger partial charge on any atom is 0.264 e. The Kier molecular flexibility index (Phi) is 11.0. The Balaban J connectivity index is 1.97. The lowest BCUT2D eigenvalue weighted by molar-refractivity contribution is -0.139. The molecule has 40 heavy (non-hydrogen) atoms. The van der Waals surface area contributed by atoms with E-state index in [4.69, 9.17) is 16.3 Å². The lowest BCUT2D eigenvalue weighted by Crippen LogP contribution is -2.51. The number of para-hydroxylation sites is 1. The molecule has 0 bridgehead atoms. The number of halogens is 1. The first-order chi connectivity index (χ1) is 19.0. The Hall–Kier alpha value is -3.56. The molecule has 0 saturated heterocycles. The lowest BCUT2D eigenvalue weighted by Gasteiger charge is -2.32. The van der Waals surface area contributed by atoms with Crippen LogP contribution < -0.4 is 14.4 Å². The van der Waals surface area contributed by atoms with Crippen LogP contribution in [0.3, 0.4) is 0 Å². The molecule has 3 aromatic rings. The highest BCUT2D eigenvalue weighted by atomic mass is 35.5. The van der Waals surface area contributed by atoms with Gasteiger partial charge in [0.25, 0.3) is 10.0 Å². The van der Waals surface area contributed by atoms with Crippen molar-refractivity contribution in [3.8, 4) is 5.75 Å². The number of carbonyl (C=O) groups is 2. The van der Waals surface area contributed by atoms with Gasteiger partial charge in [0.1, 0.15) is 18.3 Å². The van der Waals surface area contributed by atoms with Gasteiger partial charge >= 0.3 is 0 Å². The molecule has 0 aliphatic heterocycles. The molecule has 0 saturated carbocycles. The summed E-state index contributed by atoms with van der Waals surface area (Å²) in [5.41, 5.74) is 1.08. The number of nitrogens with one attached hydrogen (secondary N) is 1. The number of rotatable bonds is 13. The van der Waals surface area contributed by atoms with E-state index in [1.807, 2.05) is 20.8 Å². The molecule has 1 N–H and O–H groups in total. The van der Waals surface area contributed by atoms with Gasteiger partial charge < -0.3 is 15.0 Å². The zero-order chi connectivity index (χ0) is 29.3. The summed E-state index contributed by atoms with van der Waals surface area (Å²) in [6, 6.07) is 20.6. The second-order valence-corrected chi connectivity index (χ2v) is 12.0. The van der Waals surface area contributed by atoms with Crippen molar-refractivity contribution in [2.24, 2.45) is 5.92 Å². The van der Waals surface area contributed by atoms with Gasteiger partial charge in [-0.1, -0.05) is 55.8 Å². The lowest BCUT2D eigenvalue weighted by atomic mass is 10.1. The number of benzene rings is 3. The molecular weight excluding hydrogens is 550 g/mol. The third-order valence-electron chi connectivity index (χ3n) is 6.16. The Morgan fingerprint density at radius 2 is 1.55 bits per heavy atom. The highest BCUT2D eigenvalue weighted by Crippen LogP contribution is 2.26. The minimum absolute atomic E-state index is 0.0135. The van der Waals surface area contributed by atoms with Crippen molar-refractivity contribution in [1.82, 2.24) is 10.2 Å². The van der Waals surface area contributed by atoms with Gasteiger partial charge in [-0.15, -0.1) is 0 Å². The van der Waals surface area contributed by atoms with Crippen LogP contribution in [0.4, 0.5) is 5.69 Å². The van der Waals surface area contributed by atoms with Gasteiger partial charge in [0.15, 0.2) is 0 Å². The summed E-state index contributed by atoms with van der Waals surface area (Å²) in [6.45, 7) is 7.92. The Bertz CT molecular complexity index is 1360. The summed E-state index contributed by atoms with van der Waals surface area (Å²) < 4.78 is 34.2. The zero-order valence-electron chi connectivity index (χ0n) is 23.2. The molecule has 0 fully saturated rings. The van der Waals surface area contributed by atoms with Crippen LogP contribution in [0.25, 0.3) is 0 Å². The van der Waals surface area contributed by atoms with Crippen LogP contribution in [-0.4, -0.2) is 50.9 Å². The third kappa shape index (κ3) is 8.22. The summed E-state index contributed by atoms with van der Waals surface area (Å²) in [4.78, 5) is 28.3. The van der Waals surface area contributed by atoms with Crippen molar-refractivity contribution in [3.05, 3.63) is 89.4 Å². The predicted octanol–water partition coefficient (Wildman–Crippen LogP) is 5.12. The first-order valence-electron chi connectivity index (χ1n) is 13.1. The number of carbonyl (C=O) groups excluding carboxylic acids is 2. The van der Waals surface area contributed by atoms with Crippen LogP contribution in [0.2, 0.25) is 5.02 Å². The van der Waals surface area contributed by atoms with E-state index in [1.165, 1.54) is 17.0 Å². The quantitative estimate of drug-likeness (QED) is 0.300. The molecule has 0 aliphatic rings. The maximum atomic E-state index is 13.9. The first kappa shape index (κ1) is 31.0. The molecule has 3 rings (SSSR count). The van der Waals surface area contributed by atoms with E-state index in [0.717, 1.165) is 9.87 Å². The van der Waals surface area contributed by atoms with Crippen molar-refractivity contribution in [3.63, 3.8) is 0 Å². The minimum atomic E-state index is -4.15. The van der Waals surface area contributed by atoms with E-state index in [-0.39, 0.29) is 23.3 Å². The number of hydrogen-bond donors (Lipinski definition) is 1. The van der Waals surface area contributed by atoms with Gasteiger partial charge in [-0.25, -0.2) is 8.42 Å². The van der Waals surface area contributed by atoms with Gasteiger partial charge in [0.05, 0.1) is 17.2 Å². The number of anilines is 1. The Labute approximate surface area is 241 Å². The van der Waals surface area contributed by atoms with Crippen LogP contribution in [0, 0.1) is 5.92 Å². The van der Waals surface area contributed by atoms with Gasteiger partial charge in [-0.2, -0.15) is 0 Å². The molecule has 0 heterocycles. The predicted molar refractivity (Wildman–Crippen MR) is 158 cm³/mol. The van der Waals surface area contributed by atoms with E-state index in [9.17, 15) is 18.0 Å². The van der Waals surface area contributed by atoms with Crippen LogP contribution in [0.1, 0.15) is 33.3 Å². The van der Waals surface area contributed by atoms with Crippen LogP contribution in [0.5, 0.6) is 5.75 Å². The molecule has 0 radical (unpaired) electrons. The van der Waals surface area contributed by atoms with Crippen LogP contribution in [-0.2, 0) is 26.2 Å². The molecule has 0 aromatic heterocycles.